The number of fused-ring (bicyclic) bond motifs is 3. The molecule has 2 aromatic heterocycles. The first-order valence-electron chi connectivity index (χ1n) is 10.4. The Labute approximate surface area is 258 Å². The summed E-state index contributed by atoms with van der Waals surface area (Å²) >= 11 is -4.56. The van der Waals surface area contributed by atoms with E-state index >= 15 is 0 Å². The van der Waals surface area contributed by atoms with Crippen molar-refractivity contribution < 1.29 is 76.6 Å². The van der Waals surface area contributed by atoms with Crippen LogP contribution in [-0.4, -0.2) is 27.5 Å². The first kappa shape index (κ1) is 29.3. The molecular formula is C26H18N2Na2O4S2. The molecule has 0 aliphatic carbocycles. The molecule has 0 fully saturated rings. The van der Waals surface area contributed by atoms with Gasteiger partial charge in [-0.3, -0.25) is 18.4 Å². The molecule has 0 saturated carbocycles. The molecule has 0 aliphatic rings. The van der Waals surface area contributed by atoms with Crippen LogP contribution in [0.25, 0.3) is 44.1 Å². The predicted octanol–water partition coefficient (Wildman–Crippen LogP) is -0.782. The Balaban J connectivity index is 0.00000180. The van der Waals surface area contributed by atoms with E-state index in [-0.39, 0.29) is 68.9 Å². The second-order valence-electron chi connectivity index (χ2n) is 8.00. The van der Waals surface area contributed by atoms with Gasteiger partial charge in [-0.15, -0.1) is 0 Å². The Morgan fingerprint density at radius 2 is 0.917 bits per heavy atom. The molecule has 0 aliphatic heterocycles. The van der Waals surface area contributed by atoms with Gasteiger partial charge in [0.25, 0.3) is 0 Å². The largest absolute Gasteiger partial charge is 1.00 e. The van der Waals surface area contributed by atoms with Crippen LogP contribution in [0.15, 0.2) is 82.6 Å². The van der Waals surface area contributed by atoms with Crippen LogP contribution < -0.4 is 59.1 Å². The molecule has 3 aromatic carbocycles. The Bertz CT molecular complexity index is 1500. The molecule has 5 aromatic rings. The standard InChI is InChI=1S/C26H20N2O4S2.2Na/c1-15-13-23(17-3-7-19(8-4-17)33(29)30)21-11-12-22-24(14-16(2)28-26(22)25(21)27-15)18-5-9-20(10-6-18)34(31)32;;/h3-14H,1-2H3,(H,29,30)(H,31,32);;/q;2*+1/p-2. The summed E-state index contributed by atoms with van der Waals surface area (Å²) in [4.78, 5) is 10.1. The molecule has 0 amide bonds. The van der Waals surface area contributed by atoms with Crippen LogP contribution in [0.4, 0.5) is 0 Å². The van der Waals surface area contributed by atoms with Gasteiger partial charge in [0.05, 0.1) is 11.0 Å². The van der Waals surface area contributed by atoms with Crippen LogP contribution >= 0.6 is 0 Å². The molecule has 5 rings (SSSR count). The van der Waals surface area contributed by atoms with Gasteiger partial charge < -0.3 is 9.11 Å². The molecule has 2 heterocycles. The van der Waals surface area contributed by atoms with E-state index in [9.17, 15) is 17.5 Å². The summed E-state index contributed by atoms with van der Waals surface area (Å²) in [7, 11) is 0. The number of nitrogens with zero attached hydrogens (tertiary/aromatic N) is 2. The maximum Gasteiger partial charge on any atom is 1.00 e. The van der Waals surface area contributed by atoms with Crippen molar-refractivity contribution in [2.24, 2.45) is 0 Å². The minimum absolute atomic E-state index is 0. The number of aryl methyl sites for hydroxylation is 2. The van der Waals surface area contributed by atoms with E-state index in [0.29, 0.717) is 0 Å². The number of aromatic nitrogens is 2. The summed E-state index contributed by atoms with van der Waals surface area (Å²) in [5, 5.41) is 1.82. The number of benzene rings is 3. The summed E-state index contributed by atoms with van der Waals surface area (Å²) in [6.45, 7) is 3.84. The number of hydrogen-bond acceptors (Lipinski definition) is 6. The van der Waals surface area contributed by atoms with Crippen LogP contribution in [-0.2, 0) is 22.2 Å². The van der Waals surface area contributed by atoms with Crippen molar-refractivity contribution in [1.82, 2.24) is 9.97 Å². The zero-order valence-electron chi connectivity index (χ0n) is 20.3. The molecule has 0 spiro atoms. The van der Waals surface area contributed by atoms with Crippen molar-refractivity contribution in [1.29, 1.82) is 0 Å². The topological polar surface area (TPSA) is 106 Å². The average Bonchev–Trinajstić information content (AvgIpc) is 2.83. The predicted molar refractivity (Wildman–Crippen MR) is 132 cm³/mol. The molecule has 0 saturated heterocycles. The fourth-order valence-corrected chi connectivity index (χ4v) is 4.92. The second kappa shape index (κ2) is 12.0. The normalized spacial score (nSPS) is 12.6. The summed E-state index contributed by atoms with van der Waals surface area (Å²) in [6, 6.07) is 21.5. The van der Waals surface area contributed by atoms with Gasteiger partial charge in [0.1, 0.15) is 0 Å². The summed E-state index contributed by atoms with van der Waals surface area (Å²) in [5.41, 5.74) is 6.81. The Kier molecular flexibility index (Phi) is 9.79. The molecule has 0 radical (unpaired) electrons. The van der Waals surface area contributed by atoms with E-state index in [0.717, 1.165) is 55.4 Å². The van der Waals surface area contributed by atoms with Crippen molar-refractivity contribution in [2.75, 3.05) is 0 Å². The van der Waals surface area contributed by atoms with Crippen LogP contribution in [0.3, 0.4) is 0 Å². The third-order valence-electron chi connectivity index (χ3n) is 5.73. The van der Waals surface area contributed by atoms with Crippen molar-refractivity contribution in [2.45, 2.75) is 23.6 Å². The van der Waals surface area contributed by atoms with Crippen LogP contribution in [0, 0.1) is 13.8 Å². The molecule has 6 nitrogen and oxygen atoms in total. The van der Waals surface area contributed by atoms with Crippen molar-refractivity contribution in [3.8, 4) is 22.3 Å². The fourth-order valence-electron chi connectivity index (χ4n) is 4.20. The third-order valence-corrected chi connectivity index (χ3v) is 7.04. The van der Waals surface area contributed by atoms with Gasteiger partial charge in [-0.05, 0) is 94.7 Å². The van der Waals surface area contributed by atoms with Crippen LogP contribution in [0.5, 0.6) is 0 Å². The summed E-state index contributed by atoms with van der Waals surface area (Å²) < 4.78 is 45.0. The maximum atomic E-state index is 11.2. The minimum atomic E-state index is -2.28. The van der Waals surface area contributed by atoms with Gasteiger partial charge in [0.15, 0.2) is 0 Å². The van der Waals surface area contributed by atoms with Gasteiger partial charge in [0, 0.05) is 32.0 Å². The smallest absolute Gasteiger partial charge is 0.768 e. The van der Waals surface area contributed by atoms with Crippen LogP contribution in [0.2, 0.25) is 0 Å². The van der Waals surface area contributed by atoms with Gasteiger partial charge >= 0.3 is 59.1 Å². The Hall–Kier alpha value is -1.30. The van der Waals surface area contributed by atoms with Gasteiger partial charge in [-0.25, -0.2) is 0 Å². The minimum Gasteiger partial charge on any atom is -0.768 e. The monoisotopic (exact) mass is 532 g/mol. The van der Waals surface area contributed by atoms with Gasteiger partial charge in [-0.1, -0.05) is 36.4 Å². The molecule has 10 heteroatoms. The maximum absolute atomic E-state index is 11.2. The molecule has 2 atom stereocenters. The molecule has 170 valence electrons. The average molecular weight is 533 g/mol. The first-order chi connectivity index (χ1) is 16.3. The third kappa shape index (κ3) is 5.73. The zero-order valence-corrected chi connectivity index (χ0v) is 25.9. The molecule has 36 heavy (non-hydrogen) atoms. The summed E-state index contributed by atoms with van der Waals surface area (Å²) in [6.07, 6.45) is 0. The van der Waals surface area contributed by atoms with Crippen LogP contribution in [0.1, 0.15) is 11.4 Å². The van der Waals surface area contributed by atoms with E-state index in [1.807, 2.05) is 38.1 Å². The fraction of sp³-hybridized carbons (Fsp3) is 0.0769. The van der Waals surface area contributed by atoms with E-state index in [1.165, 1.54) is 0 Å². The van der Waals surface area contributed by atoms with Gasteiger partial charge in [0.2, 0.25) is 0 Å². The molecule has 0 bridgehead atoms. The van der Waals surface area contributed by atoms with Crippen molar-refractivity contribution >= 4 is 44.0 Å². The van der Waals surface area contributed by atoms with Crippen molar-refractivity contribution in [3.05, 3.63) is 84.2 Å². The second-order valence-corrected chi connectivity index (χ2v) is 9.88. The Morgan fingerprint density at radius 1 is 0.583 bits per heavy atom. The SMILES string of the molecule is Cc1cc(-c2ccc(S(=O)[O-])cc2)c2ccc3c(-c4ccc(S(=O)[O-])cc4)cc(C)nc3c2n1.[Na+].[Na+]. The quantitative estimate of drug-likeness (QED) is 0.171. The van der Waals surface area contributed by atoms with E-state index in [2.05, 4.69) is 0 Å². The Morgan fingerprint density at radius 3 is 1.22 bits per heavy atom. The summed E-state index contributed by atoms with van der Waals surface area (Å²) in [5.74, 6) is 0. The first-order valence-corrected chi connectivity index (χ1v) is 12.6. The number of hydrogen-bond donors (Lipinski definition) is 0. The zero-order chi connectivity index (χ0) is 24.0. The van der Waals surface area contributed by atoms with E-state index < -0.39 is 22.2 Å². The van der Waals surface area contributed by atoms with Crippen molar-refractivity contribution in [3.63, 3.8) is 0 Å². The molecular weight excluding hydrogens is 514 g/mol. The van der Waals surface area contributed by atoms with E-state index in [4.69, 9.17) is 9.97 Å². The number of rotatable bonds is 4. The van der Waals surface area contributed by atoms with E-state index in [1.54, 1.807) is 48.5 Å². The van der Waals surface area contributed by atoms with Gasteiger partial charge in [-0.2, -0.15) is 0 Å². The number of pyridine rings is 2. The molecule has 0 N–H and O–H groups in total. The molecule has 2 unspecified atom stereocenters.